The molecule has 2 aromatic carbocycles. The Morgan fingerprint density at radius 1 is 1.33 bits per heavy atom. The average molecular weight is 370 g/mol. The lowest BCUT2D eigenvalue weighted by atomic mass is 10.1. The Morgan fingerprint density at radius 3 is 2.76 bits per heavy atom. The summed E-state index contributed by atoms with van der Waals surface area (Å²) in [4.78, 5) is 10.4. The number of nitrogens with zero attached hydrogens (tertiary/aromatic N) is 1. The van der Waals surface area contributed by atoms with Crippen LogP contribution in [0.15, 0.2) is 46.9 Å². The average Bonchev–Trinajstić information content (AvgIpc) is 2.45. The van der Waals surface area contributed by atoms with Crippen molar-refractivity contribution in [1.29, 1.82) is 0 Å². The van der Waals surface area contributed by atoms with E-state index in [9.17, 15) is 10.1 Å². The van der Waals surface area contributed by atoms with E-state index in [2.05, 4.69) is 21.2 Å². The highest BCUT2D eigenvalue weighted by molar-refractivity contribution is 9.10. The molecule has 0 saturated carbocycles. The van der Waals surface area contributed by atoms with E-state index in [1.165, 1.54) is 12.1 Å². The number of benzene rings is 2. The zero-order chi connectivity index (χ0) is 15.4. The quantitative estimate of drug-likeness (QED) is 0.605. The maximum absolute atomic E-state index is 10.8. The van der Waals surface area contributed by atoms with Gasteiger partial charge in [0.1, 0.15) is 0 Å². The molecule has 0 spiro atoms. The van der Waals surface area contributed by atoms with Crippen molar-refractivity contribution in [2.75, 3.05) is 0 Å². The van der Waals surface area contributed by atoms with E-state index in [1.54, 1.807) is 6.07 Å². The number of rotatable bonds is 5. The van der Waals surface area contributed by atoms with E-state index in [-0.39, 0.29) is 11.7 Å². The molecule has 1 atom stereocenters. The summed E-state index contributed by atoms with van der Waals surface area (Å²) in [5, 5.41) is 14.6. The summed E-state index contributed by atoms with van der Waals surface area (Å²) in [7, 11) is 0. The van der Waals surface area contributed by atoms with Gasteiger partial charge in [-0.1, -0.05) is 39.7 Å². The van der Waals surface area contributed by atoms with E-state index < -0.39 is 4.92 Å². The summed E-state index contributed by atoms with van der Waals surface area (Å²) >= 11 is 9.53. The molecule has 0 aromatic heterocycles. The number of nitro benzene ring substituents is 1. The number of hydrogen-bond acceptors (Lipinski definition) is 3. The minimum Gasteiger partial charge on any atom is -0.306 e. The summed E-state index contributed by atoms with van der Waals surface area (Å²) in [6.07, 6.45) is 0. The highest BCUT2D eigenvalue weighted by Crippen LogP contribution is 2.23. The fourth-order valence-corrected chi connectivity index (χ4v) is 2.57. The van der Waals surface area contributed by atoms with E-state index in [0.29, 0.717) is 17.1 Å². The van der Waals surface area contributed by atoms with Crippen molar-refractivity contribution in [2.45, 2.75) is 19.5 Å². The normalized spacial score (nSPS) is 12.1. The van der Waals surface area contributed by atoms with Crippen LogP contribution in [0, 0.1) is 10.1 Å². The fraction of sp³-hybridized carbons (Fsp3) is 0.200. The van der Waals surface area contributed by atoms with Gasteiger partial charge in [0.2, 0.25) is 0 Å². The molecule has 0 fully saturated rings. The number of nitro groups is 1. The van der Waals surface area contributed by atoms with Crippen LogP contribution in [-0.2, 0) is 6.54 Å². The van der Waals surface area contributed by atoms with Gasteiger partial charge in [-0.25, -0.2) is 0 Å². The molecule has 1 unspecified atom stereocenters. The topological polar surface area (TPSA) is 55.2 Å². The Hall–Kier alpha value is -1.43. The summed E-state index contributed by atoms with van der Waals surface area (Å²) in [5.74, 6) is 0. The molecule has 0 radical (unpaired) electrons. The van der Waals surface area contributed by atoms with Crippen LogP contribution < -0.4 is 5.32 Å². The number of halogens is 2. The minimum atomic E-state index is -0.419. The van der Waals surface area contributed by atoms with Crippen LogP contribution in [0.3, 0.4) is 0 Å². The maximum Gasteiger partial charge on any atom is 0.269 e. The molecule has 110 valence electrons. The molecule has 0 heterocycles. The molecule has 2 rings (SSSR count). The standard InChI is InChI=1S/C15H14BrClN2O2/c1-10(11-3-2-4-13(16)7-11)18-9-12-8-14(19(20)21)5-6-15(12)17/h2-8,10,18H,9H2,1H3. The smallest absolute Gasteiger partial charge is 0.269 e. The molecule has 0 aliphatic carbocycles. The summed E-state index contributed by atoms with van der Waals surface area (Å²) in [6.45, 7) is 2.50. The second-order valence-electron chi connectivity index (χ2n) is 4.69. The Labute approximate surface area is 136 Å². The second kappa shape index (κ2) is 7.02. The van der Waals surface area contributed by atoms with E-state index in [1.807, 2.05) is 31.2 Å². The predicted octanol–water partition coefficient (Wildman–Crippen LogP) is 4.86. The van der Waals surface area contributed by atoms with Crippen molar-refractivity contribution in [3.63, 3.8) is 0 Å². The molecule has 21 heavy (non-hydrogen) atoms. The third-order valence-corrected chi connectivity index (χ3v) is 4.05. The van der Waals surface area contributed by atoms with Gasteiger partial charge in [0.05, 0.1) is 4.92 Å². The third-order valence-electron chi connectivity index (χ3n) is 3.19. The number of hydrogen-bond donors (Lipinski definition) is 1. The lowest BCUT2D eigenvalue weighted by Crippen LogP contribution is -2.18. The molecular weight excluding hydrogens is 356 g/mol. The van der Waals surface area contributed by atoms with E-state index in [0.717, 1.165) is 10.0 Å². The van der Waals surface area contributed by atoms with Crippen molar-refractivity contribution < 1.29 is 4.92 Å². The van der Waals surface area contributed by atoms with Gasteiger partial charge < -0.3 is 5.32 Å². The Bertz CT molecular complexity index is 664. The van der Waals surface area contributed by atoms with Crippen LogP contribution in [0.2, 0.25) is 5.02 Å². The van der Waals surface area contributed by atoms with Gasteiger partial charge in [-0.2, -0.15) is 0 Å². The van der Waals surface area contributed by atoms with Gasteiger partial charge in [0.25, 0.3) is 5.69 Å². The summed E-state index contributed by atoms with van der Waals surface area (Å²) < 4.78 is 1.02. The van der Waals surface area contributed by atoms with Gasteiger partial charge in [-0.05, 0) is 36.2 Å². The minimum absolute atomic E-state index is 0.0475. The molecular formula is C15H14BrClN2O2. The Kier molecular flexibility index (Phi) is 5.33. The Balaban J connectivity index is 2.09. The van der Waals surface area contributed by atoms with Gasteiger partial charge >= 0.3 is 0 Å². The first-order valence-electron chi connectivity index (χ1n) is 6.39. The largest absolute Gasteiger partial charge is 0.306 e. The van der Waals surface area contributed by atoms with Crippen molar-refractivity contribution in [3.05, 3.63) is 73.2 Å². The monoisotopic (exact) mass is 368 g/mol. The molecule has 6 heteroatoms. The highest BCUT2D eigenvalue weighted by atomic mass is 79.9. The summed E-state index contributed by atoms with van der Waals surface area (Å²) in [6, 6.07) is 12.6. The van der Waals surface area contributed by atoms with Crippen LogP contribution in [0.25, 0.3) is 0 Å². The molecule has 0 saturated heterocycles. The molecule has 1 N–H and O–H groups in total. The molecule has 0 bridgehead atoms. The first-order valence-corrected chi connectivity index (χ1v) is 7.56. The molecule has 0 aliphatic heterocycles. The van der Waals surface area contributed by atoms with Gasteiger partial charge in [0, 0.05) is 34.2 Å². The number of nitrogens with one attached hydrogen (secondary N) is 1. The molecule has 0 amide bonds. The zero-order valence-corrected chi connectivity index (χ0v) is 13.7. The lowest BCUT2D eigenvalue weighted by Gasteiger charge is -2.15. The summed E-state index contributed by atoms with van der Waals surface area (Å²) in [5.41, 5.74) is 1.89. The van der Waals surface area contributed by atoms with Crippen molar-refractivity contribution >= 4 is 33.2 Å². The van der Waals surface area contributed by atoms with Gasteiger partial charge in [-0.3, -0.25) is 10.1 Å². The van der Waals surface area contributed by atoms with Gasteiger partial charge in [-0.15, -0.1) is 0 Å². The first-order chi connectivity index (χ1) is 9.97. The molecule has 0 aliphatic rings. The van der Waals surface area contributed by atoms with Crippen LogP contribution in [0.1, 0.15) is 24.1 Å². The number of non-ortho nitro benzene ring substituents is 1. The molecule has 4 nitrogen and oxygen atoms in total. The van der Waals surface area contributed by atoms with E-state index >= 15 is 0 Å². The molecule has 2 aromatic rings. The fourth-order valence-electron chi connectivity index (χ4n) is 1.97. The van der Waals surface area contributed by atoms with E-state index in [4.69, 9.17) is 11.6 Å². The first kappa shape index (κ1) is 15.9. The van der Waals surface area contributed by atoms with Crippen LogP contribution in [0.5, 0.6) is 0 Å². The van der Waals surface area contributed by atoms with Crippen molar-refractivity contribution in [1.82, 2.24) is 5.32 Å². The Morgan fingerprint density at radius 2 is 2.10 bits per heavy atom. The predicted molar refractivity (Wildman–Crippen MR) is 87.5 cm³/mol. The zero-order valence-electron chi connectivity index (χ0n) is 11.3. The van der Waals surface area contributed by atoms with Crippen molar-refractivity contribution in [3.8, 4) is 0 Å². The van der Waals surface area contributed by atoms with Crippen LogP contribution >= 0.6 is 27.5 Å². The SMILES string of the molecule is CC(NCc1cc([N+](=O)[O-])ccc1Cl)c1cccc(Br)c1. The lowest BCUT2D eigenvalue weighted by molar-refractivity contribution is -0.384. The van der Waals surface area contributed by atoms with Crippen LogP contribution in [0.4, 0.5) is 5.69 Å². The van der Waals surface area contributed by atoms with Crippen LogP contribution in [-0.4, -0.2) is 4.92 Å². The maximum atomic E-state index is 10.8. The van der Waals surface area contributed by atoms with Gasteiger partial charge in [0.15, 0.2) is 0 Å². The van der Waals surface area contributed by atoms with Crippen molar-refractivity contribution in [2.24, 2.45) is 0 Å². The third kappa shape index (κ3) is 4.27. The second-order valence-corrected chi connectivity index (χ2v) is 6.01. The highest BCUT2D eigenvalue weighted by Gasteiger charge is 2.11.